The van der Waals surface area contributed by atoms with Gasteiger partial charge in [0.25, 0.3) is 0 Å². The van der Waals surface area contributed by atoms with Crippen molar-refractivity contribution in [2.45, 2.75) is 0 Å². The van der Waals surface area contributed by atoms with Crippen molar-refractivity contribution in [2.24, 2.45) is 0 Å². The first-order chi connectivity index (χ1) is 3.06. The maximum Gasteiger partial charge on any atom is 0.149 e. The van der Waals surface area contributed by atoms with Gasteiger partial charge in [-0.3, -0.25) is 0 Å². The Labute approximate surface area is 46.2 Å². The van der Waals surface area contributed by atoms with Gasteiger partial charge in [-0.05, 0) is 0 Å². The van der Waals surface area contributed by atoms with Crippen LogP contribution in [0, 0.1) is 0 Å². The van der Waals surface area contributed by atoms with Crippen molar-refractivity contribution in [1.82, 2.24) is 0 Å². The van der Waals surface area contributed by atoms with E-state index in [2.05, 4.69) is 6.58 Å². The van der Waals surface area contributed by atoms with Crippen LogP contribution in [0.2, 0.25) is 0 Å². The van der Waals surface area contributed by atoms with E-state index in [0.717, 1.165) is 0 Å². The summed E-state index contributed by atoms with van der Waals surface area (Å²) < 4.78 is 20.4. The summed E-state index contributed by atoms with van der Waals surface area (Å²) in [4.78, 5) is 0. The van der Waals surface area contributed by atoms with Crippen LogP contribution in [0.5, 0.6) is 0 Å². The lowest BCUT2D eigenvalue weighted by molar-refractivity contribution is 0.612. The molecule has 0 fully saturated rings. The molecule has 0 spiro atoms. The molecule has 0 aromatic rings. The Hall–Kier alpha value is -0.0931. The third-order valence-electron chi connectivity index (χ3n) is 0.421. The van der Waals surface area contributed by atoms with E-state index in [1.165, 1.54) is 6.08 Å². The van der Waals surface area contributed by atoms with Crippen molar-refractivity contribution < 1.29 is 8.42 Å². The van der Waals surface area contributed by atoms with Gasteiger partial charge in [-0.25, -0.2) is 8.42 Å². The van der Waals surface area contributed by atoms with E-state index in [0.29, 0.717) is 0 Å². The average molecular weight is 136 g/mol. The van der Waals surface area contributed by atoms with Crippen LogP contribution in [-0.2, 0) is 9.29 Å². The van der Waals surface area contributed by atoms with Crippen LogP contribution in [0.3, 0.4) is 0 Å². The van der Waals surface area contributed by atoms with Crippen molar-refractivity contribution >= 4 is 18.7 Å². The van der Waals surface area contributed by atoms with E-state index < -0.39 is 9.29 Å². The van der Waals surface area contributed by atoms with Gasteiger partial charge in [0.05, 0.1) is 5.75 Å². The van der Waals surface area contributed by atoms with Crippen LogP contribution in [0.1, 0.15) is 0 Å². The molecule has 7 heavy (non-hydrogen) atoms. The molecule has 42 valence electrons. The van der Waals surface area contributed by atoms with Crippen LogP contribution in [0.15, 0.2) is 12.7 Å². The molecule has 0 aromatic carbocycles. The summed E-state index contributed by atoms with van der Waals surface area (Å²) in [7, 11) is -2.41. The van der Waals surface area contributed by atoms with Gasteiger partial charge in [-0.2, -0.15) is 0 Å². The first-order valence-corrected chi connectivity index (χ1v) is 6.36. The highest BCUT2D eigenvalue weighted by Crippen LogP contribution is 1.77. The smallest absolute Gasteiger partial charge is 0.149 e. The van der Waals surface area contributed by atoms with E-state index >= 15 is 0 Å². The molecule has 0 aliphatic heterocycles. The zero-order valence-electron chi connectivity index (χ0n) is 4.22. The lowest BCUT2D eigenvalue weighted by Gasteiger charge is -1.84. The topological polar surface area (TPSA) is 34.1 Å². The molecule has 0 bridgehead atoms. The highest BCUT2D eigenvalue weighted by atomic mass is 32.4. The Morgan fingerprint density at radius 2 is 2.14 bits per heavy atom. The molecule has 0 radical (unpaired) electrons. The molecule has 0 saturated carbocycles. The van der Waals surface area contributed by atoms with E-state index in [4.69, 9.17) is 0 Å². The molecule has 4 heteroatoms. The third kappa shape index (κ3) is 5.91. The summed E-state index contributed by atoms with van der Waals surface area (Å²) in [6.45, 7) is 3.29. The summed E-state index contributed by atoms with van der Waals surface area (Å²) in [5.41, 5.74) is 0. The lowest BCUT2D eigenvalue weighted by Crippen LogP contribution is -2.00. The fourth-order valence-corrected chi connectivity index (χ4v) is 1.35. The second kappa shape index (κ2) is 2.27. The van der Waals surface area contributed by atoms with Crippen LogP contribution >= 0.6 is 0 Å². The van der Waals surface area contributed by atoms with Gasteiger partial charge < -0.3 is 0 Å². The number of rotatable bonds is 2. The van der Waals surface area contributed by atoms with Crippen molar-refractivity contribution in [3.63, 3.8) is 0 Å². The lowest BCUT2D eigenvalue weighted by atomic mass is 10.8. The predicted octanol–water partition coefficient (Wildman–Crippen LogP) is -1.13. The van der Waals surface area contributed by atoms with Gasteiger partial charge in [0, 0.05) is 0 Å². The van der Waals surface area contributed by atoms with Crippen LogP contribution in [0.25, 0.3) is 0 Å². The van der Waals surface area contributed by atoms with Crippen molar-refractivity contribution in [3.8, 4) is 0 Å². The molecule has 0 atom stereocenters. The largest absolute Gasteiger partial charge is 0.237 e. The van der Waals surface area contributed by atoms with Crippen molar-refractivity contribution in [2.75, 3.05) is 5.75 Å². The van der Waals surface area contributed by atoms with Gasteiger partial charge >= 0.3 is 0 Å². The molecule has 0 unspecified atom stereocenters. The van der Waals surface area contributed by atoms with Crippen LogP contribution in [-0.4, -0.2) is 23.6 Å². The van der Waals surface area contributed by atoms with Gasteiger partial charge in [0.15, 0.2) is 0 Å². The Kier molecular flexibility index (Phi) is 2.24. The molecule has 0 aromatic heterocycles. The summed E-state index contributed by atoms with van der Waals surface area (Å²) in [5.74, 6) is 0.138. The van der Waals surface area contributed by atoms with E-state index in [1.807, 2.05) is 0 Å². The summed E-state index contributed by atoms with van der Waals surface area (Å²) >= 11 is 0. The molecule has 0 heterocycles. The zero-order chi connectivity index (χ0) is 5.91. The van der Waals surface area contributed by atoms with Crippen molar-refractivity contribution in [3.05, 3.63) is 12.7 Å². The highest BCUT2D eigenvalue weighted by molar-refractivity contribution is 8.12. The minimum atomic E-state index is -2.65. The Morgan fingerprint density at radius 3 is 2.14 bits per heavy atom. The summed E-state index contributed by atoms with van der Waals surface area (Å²) in [6.07, 6.45) is 1.41. The fraction of sp³-hybridized carbons (Fsp3) is 0.333. The molecule has 0 amide bonds. The quantitative estimate of drug-likeness (QED) is 0.355. The Bertz CT molecular complexity index is 146. The van der Waals surface area contributed by atoms with E-state index in [1.54, 1.807) is 0 Å². The first-order valence-electron chi connectivity index (χ1n) is 1.85. The highest BCUT2D eigenvalue weighted by Gasteiger charge is 1.92. The maximum atomic E-state index is 10.2. The molecule has 2 nitrogen and oxygen atoms in total. The number of hydrogen-bond donors (Lipinski definition) is 0. The van der Waals surface area contributed by atoms with Crippen LogP contribution in [0.4, 0.5) is 0 Å². The molecule has 0 aliphatic rings. The zero-order valence-corrected chi connectivity index (χ0v) is 7.03. The second-order valence-corrected chi connectivity index (χ2v) is 7.30. The number of hydrogen-bond acceptors (Lipinski definition) is 2. The van der Waals surface area contributed by atoms with Gasteiger partial charge in [-0.15, -0.1) is 6.58 Å². The van der Waals surface area contributed by atoms with E-state index in [-0.39, 0.29) is 15.1 Å². The normalized spacial score (nSPS) is 11.4. The SMILES string of the molecule is C=CCS(=O)(=O)[SiH3]. The van der Waals surface area contributed by atoms with E-state index in [9.17, 15) is 8.42 Å². The average Bonchev–Trinajstić information content (AvgIpc) is 1.30. The summed E-state index contributed by atoms with van der Waals surface area (Å²) in [5, 5.41) is 0. The van der Waals surface area contributed by atoms with Gasteiger partial charge in [-0.1, -0.05) is 6.08 Å². The minimum Gasteiger partial charge on any atom is -0.237 e. The molecule has 0 rings (SSSR count). The Morgan fingerprint density at radius 1 is 1.71 bits per heavy atom. The maximum absolute atomic E-state index is 10.2. The third-order valence-corrected chi connectivity index (χ3v) is 2.26. The van der Waals surface area contributed by atoms with Gasteiger partial charge in [0.1, 0.15) is 18.7 Å². The minimum absolute atomic E-state index is 0.138. The monoisotopic (exact) mass is 136 g/mol. The summed E-state index contributed by atoms with van der Waals surface area (Å²) in [6, 6.07) is 0. The molecule has 0 aliphatic carbocycles. The molecular formula is C3H8O2SSi. The fourth-order valence-electron chi connectivity index (χ4n) is 0.214. The molecule has 0 N–H and O–H groups in total. The standard InChI is InChI=1S/C3H8O2SSi/c1-2-3-6(4,5)7/h2H,1,3H2,7H3. The van der Waals surface area contributed by atoms with Crippen molar-refractivity contribution in [1.29, 1.82) is 0 Å². The second-order valence-electron chi connectivity index (χ2n) is 1.38. The first kappa shape index (κ1) is 6.91. The molecule has 0 saturated heterocycles. The van der Waals surface area contributed by atoms with Crippen LogP contribution < -0.4 is 0 Å². The molecular weight excluding hydrogens is 128 g/mol. The predicted molar refractivity (Wildman–Crippen MR) is 33.9 cm³/mol. The Balaban J connectivity index is 3.84. The van der Waals surface area contributed by atoms with Gasteiger partial charge in [0.2, 0.25) is 0 Å².